The third-order valence-electron chi connectivity index (χ3n) is 3.17. The van der Waals surface area contributed by atoms with Crippen LogP contribution in [0, 0.1) is 31.3 Å². The average molecular weight is 300 g/mol. The van der Waals surface area contributed by atoms with Gasteiger partial charge in [-0.3, -0.25) is 0 Å². The molecule has 0 amide bonds. The normalized spacial score (nSPS) is 12.6. The monoisotopic (exact) mass is 299 g/mol. The van der Waals surface area contributed by atoms with Crippen molar-refractivity contribution in [2.75, 3.05) is 0 Å². The molecule has 0 fully saturated rings. The Kier molecular flexibility index (Phi) is 4.06. The first kappa shape index (κ1) is 14.9. The van der Waals surface area contributed by atoms with Crippen molar-refractivity contribution < 1.29 is 13.2 Å². The molecule has 0 radical (unpaired) electrons. The van der Waals surface area contributed by atoms with E-state index >= 15 is 0 Å². The van der Waals surface area contributed by atoms with Gasteiger partial charge in [0.05, 0.1) is 11.1 Å². The van der Waals surface area contributed by atoms with Crippen LogP contribution >= 0.6 is 11.6 Å². The fraction of sp³-hybridized carbons (Fsp3) is 0.200. The highest BCUT2D eigenvalue weighted by molar-refractivity contribution is 6.30. The summed E-state index contributed by atoms with van der Waals surface area (Å²) in [6.07, 6.45) is 0. The predicted octanol–water partition coefficient (Wildman–Crippen LogP) is 4.42. The maximum Gasteiger partial charge on any atom is 0.142 e. The summed E-state index contributed by atoms with van der Waals surface area (Å²) in [6.45, 7) is 3.42. The molecule has 2 rings (SSSR count). The smallest absolute Gasteiger partial charge is 0.142 e. The molecule has 0 saturated heterocycles. The first-order valence-corrected chi connectivity index (χ1v) is 6.35. The molecule has 0 spiro atoms. The number of hydrogen-bond donors (Lipinski definition) is 1. The molecule has 0 bridgehead atoms. The second-order valence-electron chi connectivity index (χ2n) is 4.74. The predicted molar refractivity (Wildman–Crippen MR) is 73.3 cm³/mol. The van der Waals surface area contributed by atoms with Gasteiger partial charge in [-0.25, -0.2) is 13.2 Å². The van der Waals surface area contributed by atoms with Crippen molar-refractivity contribution in [2.24, 2.45) is 5.73 Å². The zero-order valence-corrected chi connectivity index (χ0v) is 11.7. The largest absolute Gasteiger partial charge is 0.320 e. The fourth-order valence-corrected chi connectivity index (χ4v) is 2.40. The molecule has 0 heterocycles. The number of rotatable bonds is 2. The van der Waals surface area contributed by atoms with Gasteiger partial charge >= 0.3 is 0 Å². The highest BCUT2D eigenvalue weighted by Gasteiger charge is 2.21. The molecule has 1 unspecified atom stereocenters. The molecule has 1 nitrogen and oxygen atoms in total. The molecule has 2 aromatic carbocycles. The van der Waals surface area contributed by atoms with Crippen molar-refractivity contribution in [3.63, 3.8) is 0 Å². The van der Waals surface area contributed by atoms with Crippen LogP contribution in [0.4, 0.5) is 13.2 Å². The Bertz CT molecular complexity index is 647. The van der Waals surface area contributed by atoms with Crippen LogP contribution in [0.25, 0.3) is 0 Å². The fourth-order valence-electron chi connectivity index (χ4n) is 2.25. The molecule has 0 aliphatic heterocycles. The van der Waals surface area contributed by atoms with Crippen LogP contribution in [0.15, 0.2) is 24.3 Å². The molecule has 0 aliphatic carbocycles. The van der Waals surface area contributed by atoms with Crippen LogP contribution < -0.4 is 5.73 Å². The van der Waals surface area contributed by atoms with Crippen LogP contribution in [-0.4, -0.2) is 0 Å². The lowest BCUT2D eigenvalue weighted by Gasteiger charge is -2.18. The van der Waals surface area contributed by atoms with Gasteiger partial charge in [0.2, 0.25) is 0 Å². The lowest BCUT2D eigenvalue weighted by molar-refractivity contribution is 0.561. The van der Waals surface area contributed by atoms with E-state index in [0.717, 1.165) is 17.7 Å². The molecule has 0 saturated carbocycles. The number of aryl methyl sites for hydroxylation is 2. The van der Waals surface area contributed by atoms with E-state index in [1.54, 1.807) is 19.9 Å². The number of hydrogen-bond acceptors (Lipinski definition) is 1. The van der Waals surface area contributed by atoms with Crippen molar-refractivity contribution in [3.05, 3.63) is 69.0 Å². The maximum absolute atomic E-state index is 14.0. The third-order valence-corrected chi connectivity index (χ3v) is 3.46. The van der Waals surface area contributed by atoms with Crippen molar-refractivity contribution in [1.29, 1.82) is 0 Å². The quantitative estimate of drug-likeness (QED) is 0.816. The maximum atomic E-state index is 14.0. The Morgan fingerprint density at radius 2 is 1.60 bits per heavy atom. The highest BCUT2D eigenvalue weighted by Crippen LogP contribution is 2.30. The summed E-state index contributed by atoms with van der Waals surface area (Å²) in [4.78, 5) is 0. The van der Waals surface area contributed by atoms with Crippen LogP contribution in [-0.2, 0) is 0 Å². The highest BCUT2D eigenvalue weighted by atomic mass is 35.5. The van der Waals surface area contributed by atoms with Gasteiger partial charge in [0.15, 0.2) is 0 Å². The van der Waals surface area contributed by atoms with E-state index in [1.165, 1.54) is 6.07 Å². The van der Waals surface area contributed by atoms with Gasteiger partial charge in [-0.2, -0.15) is 0 Å². The third kappa shape index (κ3) is 2.67. The van der Waals surface area contributed by atoms with Crippen molar-refractivity contribution >= 4 is 11.6 Å². The summed E-state index contributed by atoms with van der Waals surface area (Å²) in [7, 11) is 0. The first-order valence-electron chi connectivity index (χ1n) is 5.98. The van der Waals surface area contributed by atoms with Gasteiger partial charge in [-0.05, 0) is 43.2 Å². The van der Waals surface area contributed by atoms with Gasteiger partial charge in [0.25, 0.3) is 0 Å². The molecular formula is C15H13ClF3N. The Labute approximate surface area is 120 Å². The molecule has 0 aromatic heterocycles. The zero-order valence-electron chi connectivity index (χ0n) is 11.0. The van der Waals surface area contributed by atoms with Crippen molar-refractivity contribution in [2.45, 2.75) is 19.9 Å². The standard InChI is InChI=1S/C15H13ClF3N/c1-7-3-8(2)14(13(19)4-7)15(20)9-5-12(18)10(16)6-11(9)17/h3-6,15H,20H2,1-2H3. The minimum Gasteiger partial charge on any atom is -0.320 e. The van der Waals surface area contributed by atoms with Gasteiger partial charge in [0.1, 0.15) is 17.5 Å². The molecule has 1 atom stereocenters. The number of halogens is 4. The Balaban J connectivity index is 2.57. The van der Waals surface area contributed by atoms with E-state index in [9.17, 15) is 13.2 Å². The Hall–Kier alpha value is -1.52. The summed E-state index contributed by atoms with van der Waals surface area (Å²) in [5.74, 6) is -2.09. The van der Waals surface area contributed by atoms with Crippen LogP contribution in [0.2, 0.25) is 5.02 Å². The molecule has 2 aromatic rings. The second kappa shape index (κ2) is 5.46. The zero-order chi connectivity index (χ0) is 15.0. The molecule has 5 heteroatoms. The SMILES string of the molecule is Cc1cc(C)c(C(N)c2cc(F)c(Cl)cc2F)c(F)c1. The average Bonchev–Trinajstić information content (AvgIpc) is 2.32. The minimum atomic E-state index is -1.10. The van der Waals surface area contributed by atoms with Crippen molar-refractivity contribution in [1.82, 2.24) is 0 Å². The summed E-state index contributed by atoms with van der Waals surface area (Å²) >= 11 is 5.49. The summed E-state index contributed by atoms with van der Waals surface area (Å²) in [6, 6.07) is 3.70. The number of nitrogens with two attached hydrogens (primary N) is 1. The lowest BCUT2D eigenvalue weighted by atomic mass is 9.93. The van der Waals surface area contributed by atoms with Gasteiger partial charge in [-0.1, -0.05) is 17.7 Å². The van der Waals surface area contributed by atoms with Crippen molar-refractivity contribution in [3.8, 4) is 0 Å². The van der Waals surface area contributed by atoms with Crippen LogP contribution in [0.1, 0.15) is 28.3 Å². The van der Waals surface area contributed by atoms with E-state index in [4.69, 9.17) is 17.3 Å². The second-order valence-corrected chi connectivity index (χ2v) is 5.15. The van der Waals surface area contributed by atoms with E-state index in [-0.39, 0.29) is 16.1 Å². The van der Waals surface area contributed by atoms with Gasteiger partial charge in [-0.15, -0.1) is 0 Å². The van der Waals surface area contributed by atoms with Gasteiger partial charge in [0, 0.05) is 11.1 Å². The van der Waals surface area contributed by atoms with Gasteiger partial charge < -0.3 is 5.73 Å². The molecule has 106 valence electrons. The minimum absolute atomic E-state index is 0.127. The first-order chi connectivity index (χ1) is 9.31. The van der Waals surface area contributed by atoms with E-state index < -0.39 is 23.5 Å². The molecule has 0 aliphatic rings. The summed E-state index contributed by atoms with van der Waals surface area (Å²) in [5, 5.41) is -0.334. The Morgan fingerprint density at radius 3 is 2.20 bits per heavy atom. The van der Waals surface area contributed by atoms with E-state index in [2.05, 4.69) is 0 Å². The van der Waals surface area contributed by atoms with E-state index in [1.807, 2.05) is 0 Å². The molecule has 20 heavy (non-hydrogen) atoms. The molecule has 2 N–H and O–H groups in total. The number of benzene rings is 2. The lowest BCUT2D eigenvalue weighted by Crippen LogP contribution is -2.17. The topological polar surface area (TPSA) is 26.0 Å². The van der Waals surface area contributed by atoms with Crippen LogP contribution in [0.5, 0.6) is 0 Å². The summed E-state index contributed by atoms with van der Waals surface area (Å²) < 4.78 is 41.3. The molecular weight excluding hydrogens is 287 g/mol. The van der Waals surface area contributed by atoms with Crippen LogP contribution in [0.3, 0.4) is 0 Å². The van der Waals surface area contributed by atoms with E-state index in [0.29, 0.717) is 5.56 Å². The Morgan fingerprint density at radius 1 is 0.950 bits per heavy atom. The summed E-state index contributed by atoms with van der Waals surface area (Å²) in [5.41, 5.74) is 7.24.